The summed E-state index contributed by atoms with van der Waals surface area (Å²) in [6.07, 6.45) is 1.61. The van der Waals surface area contributed by atoms with Crippen molar-refractivity contribution in [1.29, 1.82) is 0 Å². The average Bonchev–Trinajstić information content (AvgIpc) is 2.98. The summed E-state index contributed by atoms with van der Waals surface area (Å²) in [5.41, 5.74) is 3.27. The Morgan fingerprint density at radius 3 is 2.76 bits per heavy atom. The van der Waals surface area contributed by atoms with Gasteiger partial charge in [0.05, 0.1) is 24.2 Å². The van der Waals surface area contributed by atoms with Crippen LogP contribution in [-0.2, 0) is 6.54 Å². The van der Waals surface area contributed by atoms with Gasteiger partial charge < -0.3 is 9.32 Å². The molecular weight excluding hydrogens is 338 g/mol. The second-order valence-electron chi connectivity index (χ2n) is 4.36. The molecule has 112 valence electrons. The van der Waals surface area contributed by atoms with Gasteiger partial charge in [0.15, 0.2) is 0 Å². The number of hydrogen-bond donors (Lipinski definition) is 3. The van der Waals surface area contributed by atoms with E-state index in [-0.39, 0.29) is 0 Å². The lowest BCUT2D eigenvalue weighted by Gasteiger charge is -2.26. The molecule has 0 aliphatic heterocycles. The molecule has 2 amide bonds. The van der Waals surface area contributed by atoms with Gasteiger partial charge in [-0.15, -0.1) is 0 Å². The summed E-state index contributed by atoms with van der Waals surface area (Å²) in [6.45, 7) is 0.528. The third-order valence-corrected chi connectivity index (χ3v) is 3.56. The van der Waals surface area contributed by atoms with Crippen molar-refractivity contribution in [1.82, 2.24) is 5.43 Å². The van der Waals surface area contributed by atoms with Gasteiger partial charge in [-0.05, 0) is 40.2 Å². The monoisotopic (exact) mass is 353 g/mol. The number of nitrogens with zero attached hydrogens (tertiary/aromatic N) is 2. The molecule has 7 nitrogen and oxygen atoms in total. The highest BCUT2D eigenvalue weighted by atomic mass is 79.9. The van der Waals surface area contributed by atoms with Crippen molar-refractivity contribution in [3.8, 4) is 0 Å². The van der Waals surface area contributed by atoms with E-state index in [1.807, 2.05) is 35.6 Å². The predicted molar refractivity (Wildman–Crippen MR) is 84.3 cm³/mol. The molecule has 0 aliphatic carbocycles. The Morgan fingerprint density at radius 1 is 1.38 bits per heavy atom. The number of hydrazine groups is 2. The summed E-state index contributed by atoms with van der Waals surface area (Å²) in [5.74, 6) is 11.7. The van der Waals surface area contributed by atoms with Gasteiger partial charge in [-0.2, -0.15) is 0 Å². The predicted octanol–water partition coefficient (Wildman–Crippen LogP) is 1.94. The number of para-hydroxylation sites is 1. The number of rotatable bonds is 4. The fraction of sp³-hybridized carbons (Fsp3) is 0.154. The molecule has 8 heteroatoms. The van der Waals surface area contributed by atoms with Crippen LogP contribution in [0.15, 0.2) is 45.5 Å². The van der Waals surface area contributed by atoms with Gasteiger partial charge in [-0.1, -0.05) is 6.07 Å². The molecule has 0 bridgehead atoms. The molecule has 1 aromatic heterocycles. The lowest BCUT2D eigenvalue weighted by atomic mass is 10.2. The summed E-state index contributed by atoms with van der Waals surface area (Å²) >= 11 is 3.47. The highest BCUT2D eigenvalue weighted by Crippen LogP contribution is 2.35. The van der Waals surface area contributed by atoms with Crippen LogP contribution < -0.4 is 27.0 Å². The first kappa shape index (κ1) is 15.4. The fourth-order valence-electron chi connectivity index (χ4n) is 1.97. The van der Waals surface area contributed by atoms with Crippen molar-refractivity contribution < 1.29 is 9.21 Å². The van der Waals surface area contributed by atoms with Crippen molar-refractivity contribution in [2.75, 3.05) is 17.0 Å². The number of nitrogens with one attached hydrogen (secondary N) is 1. The van der Waals surface area contributed by atoms with Crippen molar-refractivity contribution in [3.63, 3.8) is 0 Å². The molecule has 0 fully saturated rings. The van der Waals surface area contributed by atoms with E-state index >= 15 is 0 Å². The summed E-state index contributed by atoms with van der Waals surface area (Å²) in [4.78, 5) is 13.5. The van der Waals surface area contributed by atoms with Crippen molar-refractivity contribution in [2.45, 2.75) is 6.54 Å². The first-order valence-electron chi connectivity index (χ1n) is 6.12. The highest BCUT2D eigenvalue weighted by Gasteiger charge is 2.19. The Kier molecular flexibility index (Phi) is 4.84. The van der Waals surface area contributed by atoms with Crippen LogP contribution in [0.5, 0.6) is 0 Å². The lowest BCUT2D eigenvalue weighted by molar-refractivity contribution is 0.246. The third-order valence-electron chi connectivity index (χ3n) is 2.92. The number of anilines is 2. The van der Waals surface area contributed by atoms with E-state index in [2.05, 4.69) is 15.9 Å². The van der Waals surface area contributed by atoms with Gasteiger partial charge in [0, 0.05) is 11.5 Å². The van der Waals surface area contributed by atoms with E-state index in [1.54, 1.807) is 18.4 Å². The van der Waals surface area contributed by atoms with Crippen LogP contribution in [0, 0.1) is 0 Å². The standard InChI is InChI=1S/C13H16BrN5O2/c1-18(8-9-4-3-7-21-9)12-10(14)5-2-6-11(12)19(16)13(20)17-15/h2-7H,8,15-16H2,1H3,(H,17,20). The van der Waals surface area contributed by atoms with Crippen LogP contribution in [-0.4, -0.2) is 13.1 Å². The Morgan fingerprint density at radius 2 is 2.14 bits per heavy atom. The molecule has 0 unspecified atom stereocenters. The fourth-order valence-corrected chi connectivity index (χ4v) is 2.63. The van der Waals surface area contributed by atoms with Gasteiger partial charge in [0.1, 0.15) is 5.76 Å². The Balaban J connectivity index is 2.35. The third kappa shape index (κ3) is 3.35. The zero-order valence-electron chi connectivity index (χ0n) is 11.4. The Hall–Kier alpha value is -2.03. The van der Waals surface area contributed by atoms with E-state index in [0.29, 0.717) is 12.2 Å². The van der Waals surface area contributed by atoms with Crippen LogP contribution in [0.4, 0.5) is 16.2 Å². The van der Waals surface area contributed by atoms with Gasteiger partial charge in [-0.25, -0.2) is 21.5 Å². The second kappa shape index (κ2) is 6.61. The zero-order chi connectivity index (χ0) is 15.4. The largest absolute Gasteiger partial charge is 0.467 e. The van der Waals surface area contributed by atoms with Crippen molar-refractivity contribution in [3.05, 3.63) is 46.8 Å². The van der Waals surface area contributed by atoms with Gasteiger partial charge in [0.25, 0.3) is 0 Å². The van der Waals surface area contributed by atoms with E-state index in [1.165, 1.54) is 0 Å². The minimum Gasteiger partial charge on any atom is -0.467 e. The molecule has 5 N–H and O–H groups in total. The summed E-state index contributed by atoms with van der Waals surface area (Å²) in [5, 5.41) is 0.957. The molecule has 21 heavy (non-hydrogen) atoms. The van der Waals surface area contributed by atoms with Crippen LogP contribution in [0.1, 0.15) is 5.76 Å². The number of nitrogens with two attached hydrogens (primary N) is 2. The zero-order valence-corrected chi connectivity index (χ0v) is 13.0. The Bertz CT molecular complexity index is 617. The van der Waals surface area contributed by atoms with Crippen LogP contribution in [0.3, 0.4) is 0 Å². The van der Waals surface area contributed by atoms with E-state index in [9.17, 15) is 4.79 Å². The first-order valence-corrected chi connectivity index (χ1v) is 6.91. The van der Waals surface area contributed by atoms with E-state index < -0.39 is 6.03 Å². The number of carbonyl (C=O) groups excluding carboxylic acids is 1. The normalized spacial score (nSPS) is 10.3. The maximum Gasteiger partial charge on any atom is 0.350 e. The second-order valence-corrected chi connectivity index (χ2v) is 5.22. The number of benzene rings is 1. The molecule has 0 saturated carbocycles. The average molecular weight is 354 g/mol. The minimum absolute atomic E-state index is 0.515. The van der Waals surface area contributed by atoms with Crippen LogP contribution in [0.25, 0.3) is 0 Å². The maximum absolute atomic E-state index is 11.6. The molecule has 1 heterocycles. The highest BCUT2D eigenvalue weighted by molar-refractivity contribution is 9.10. The maximum atomic E-state index is 11.6. The molecule has 0 atom stereocenters. The van der Waals surface area contributed by atoms with Crippen LogP contribution in [0.2, 0.25) is 0 Å². The first-order chi connectivity index (χ1) is 10.0. The van der Waals surface area contributed by atoms with Gasteiger partial charge >= 0.3 is 6.03 Å². The molecule has 2 rings (SSSR count). The molecule has 0 saturated heterocycles. The minimum atomic E-state index is -0.610. The number of carbonyl (C=O) groups is 1. The quantitative estimate of drug-likeness (QED) is 0.443. The summed E-state index contributed by atoms with van der Waals surface area (Å²) in [6, 6.07) is 8.47. The summed E-state index contributed by atoms with van der Waals surface area (Å²) in [7, 11) is 1.88. The topological polar surface area (TPSA) is 101 Å². The number of halogens is 1. The molecule has 0 aliphatic rings. The molecule has 2 aromatic rings. The van der Waals surface area contributed by atoms with E-state index in [0.717, 1.165) is 20.9 Å². The van der Waals surface area contributed by atoms with Crippen molar-refractivity contribution in [2.24, 2.45) is 11.7 Å². The Labute approximate surface area is 130 Å². The molecular formula is C13H16BrN5O2. The number of amides is 2. The lowest BCUT2D eigenvalue weighted by Crippen LogP contribution is -2.48. The molecule has 1 aromatic carbocycles. The van der Waals surface area contributed by atoms with Gasteiger partial charge in [0.2, 0.25) is 0 Å². The SMILES string of the molecule is CN(Cc1ccco1)c1c(Br)cccc1N(N)C(=O)NN. The molecule has 0 spiro atoms. The number of furan rings is 1. The van der Waals surface area contributed by atoms with Crippen molar-refractivity contribution >= 4 is 33.3 Å². The smallest absolute Gasteiger partial charge is 0.350 e. The van der Waals surface area contributed by atoms with Gasteiger partial charge in [-0.3, -0.25) is 5.43 Å². The number of hydrogen-bond acceptors (Lipinski definition) is 5. The molecule has 0 radical (unpaired) electrons. The van der Waals surface area contributed by atoms with E-state index in [4.69, 9.17) is 16.1 Å². The summed E-state index contributed by atoms with van der Waals surface area (Å²) < 4.78 is 6.13. The van der Waals surface area contributed by atoms with Crippen LogP contribution >= 0.6 is 15.9 Å². The number of urea groups is 1.